The predicted molar refractivity (Wildman–Crippen MR) is 78.1 cm³/mol. The molecule has 0 saturated heterocycles. The first-order chi connectivity index (χ1) is 11.0. The van der Waals surface area contributed by atoms with Gasteiger partial charge in [0.15, 0.2) is 11.5 Å². The van der Waals surface area contributed by atoms with Gasteiger partial charge in [-0.05, 0) is 23.8 Å². The highest BCUT2D eigenvalue weighted by atomic mass is 19.3. The van der Waals surface area contributed by atoms with E-state index in [2.05, 4.69) is 10.1 Å². The van der Waals surface area contributed by atoms with Gasteiger partial charge < -0.3 is 19.5 Å². The molecule has 6 nitrogen and oxygen atoms in total. The first-order valence-electron chi connectivity index (χ1n) is 6.53. The quantitative estimate of drug-likeness (QED) is 0.449. The van der Waals surface area contributed by atoms with Gasteiger partial charge in [0, 0.05) is 13.7 Å². The topological polar surface area (TPSA) is 80.6 Å². The molecule has 0 bridgehead atoms. The summed E-state index contributed by atoms with van der Waals surface area (Å²) in [7, 11) is 2.78. The van der Waals surface area contributed by atoms with Crippen LogP contribution in [0.2, 0.25) is 0 Å². The Hall–Kier alpha value is -2.66. The number of benzene rings is 1. The number of methoxy groups -OCH3 is 2. The molecule has 23 heavy (non-hydrogen) atoms. The van der Waals surface area contributed by atoms with Crippen LogP contribution >= 0.6 is 0 Å². The van der Waals surface area contributed by atoms with Crippen LogP contribution in [0.1, 0.15) is 5.56 Å². The number of hydrogen-bond acceptors (Lipinski definition) is 5. The van der Waals surface area contributed by atoms with E-state index in [9.17, 15) is 13.6 Å². The average Bonchev–Trinajstić information content (AvgIpc) is 2.53. The van der Waals surface area contributed by atoms with Crippen LogP contribution < -0.4 is 14.8 Å². The van der Waals surface area contributed by atoms with Crippen LogP contribution in [0.15, 0.2) is 23.8 Å². The van der Waals surface area contributed by atoms with Gasteiger partial charge in [0.25, 0.3) is 5.91 Å². The molecule has 0 heterocycles. The molecule has 124 valence electrons. The lowest BCUT2D eigenvalue weighted by atomic mass is 10.1. The first-order valence-corrected chi connectivity index (χ1v) is 6.53. The van der Waals surface area contributed by atoms with Crippen LogP contribution in [0.3, 0.4) is 0 Å². The van der Waals surface area contributed by atoms with Crippen molar-refractivity contribution in [2.75, 3.05) is 27.4 Å². The van der Waals surface area contributed by atoms with Crippen molar-refractivity contribution in [3.05, 3.63) is 29.3 Å². The Bertz CT molecular complexity index is 612. The minimum atomic E-state index is -2.98. The Morgan fingerprint density at radius 2 is 2.13 bits per heavy atom. The number of halogens is 2. The van der Waals surface area contributed by atoms with Crippen molar-refractivity contribution in [2.45, 2.75) is 6.61 Å². The number of nitrogens with one attached hydrogen (secondary N) is 1. The molecule has 0 aromatic heterocycles. The largest absolute Gasteiger partial charge is 0.493 e. The molecule has 0 spiro atoms. The minimum absolute atomic E-state index is 0.0659. The molecule has 8 heteroatoms. The Labute approximate surface area is 132 Å². The molecular formula is C15H16F2N2O4. The monoisotopic (exact) mass is 326 g/mol. The van der Waals surface area contributed by atoms with E-state index in [1.165, 1.54) is 38.5 Å². The van der Waals surface area contributed by atoms with E-state index in [0.717, 1.165) is 0 Å². The summed E-state index contributed by atoms with van der Waals surface area (Å²) < 4.78 is 38.6. The van der Waals surface area contributed by atoms with Crippen molar-refractivity contribution in [1.82, 2.24) is 5.32 Å². The zero-order valence-corrected chi connectivity index (χ0v) is 12.6. The number of alkyl halides is 2. The SMILES string of the molecule is COCCNC(=O)/C(C#N)=C/c1ccc(OC(F)F)c(OC)c1. The molecule has 0 atom stereocenters. The third-order valence-corrected chi connectivity index (χ3v) is 2.67. The Kier molecular flexibility index (Phi) is 7.50. The third kappa shape index (κ3) is 5.92. The summed E-state index contributed by atoms with van der Waals surface area (Å²) in [6.45, 7) is -2.40. The fraction of sp³-hybridized carbons (Fsp3) is 0.333. The lowest BCUT2D eigenvalue weighted by Gasteiger charge is -2.10. The molecule has 1 rings (SSSR count). The molecule has 0 radical (unpaired) electrons. The lowest BCUT2D eigenvalue weighted by molar-refractivity contribution is -0.117. The van der Waals surface area contributed by atoms with Gasteiger partial charge in [0.05, 0.1) is 13.7 Å². The van der Waals surface area contributed by atoms with Gasteiger partial charge in [-0.1, -0.05) is 6.07 Å². The van der Waals surface area contributed by atoms with Gasteiger partial charge in [0.2, 0.25) is 0 Å². The van der Waals surface area contributed by atoms with Crippen LogP contribution in [0, 0.1) is 11.3 Å². The molecule has 0 fully saturated rings. The van der Waals surface area contributed by atoms with Gasteiger partial charge in [-0.15, -0.1) is 0 Å². The maximum absolute atomic E-state index is 12.3. The average molecular weight is 326 g/mol. The van der Waals surface area contributed by atoms with Crippen LogP contribution in [0.4, 0.5) is 8.78 Å². The number of rotatable bonds is 8. The van der Waals surface area contributed by atoms with Gasteiger partial charge in [-0.2, -0.15) is 14.0 Å². The number of hydrogen-bond donors (Lipinski definition) is 1. The lowest BCUT2D eigenvalue weighted by Crippen LogP contribution is -2.27. The molecule has 1 aromatic rings. The van der Waals surface area contributed by atoms with Crippen molar-refractivity contribution in [2.24, 2.45) is 0 Å². The second-order valence-electron chi connectivity index (χ2n) is 4.21. The summed E-state index contributed by atoms with van der Waals surface area (Å²) in [5.74, 6) is -0.629. The van der Waals surface area contributed by atoms with E-state index in [1.807, 2.05) is 0 Å². The smallest absolute Gasteiger partial charge is 0.387 e. The van der Waals surface area contributed by atoms with E-state index >= 15 is 0 Å². The minimum Gasteiger partial charge on any atom is -0.493 e. The van der Waals surface area contributed by atoms with E-state index in [4.69, 9.17) is 14.7 Å². The van der Waals surface area contributed by atoms with E-state index in [-0.39, 0.29) is 23.6 Å². The van der Waals surface area contributed by atoms with Crippen LogP contribution in [-0.4, -0.2) is 39.9 Å². The molecule has 0 unspecified atom stereocenters. The van der Waals surface area contributed by atoms with Crippen LogP contribution in [-0.2, 0) is 9.53 Å². The first kappa shape index (κ1) is 18.4. The second kappa shape index (κ2) is 9.38. The number of amides is 1. The molecule has 0 saturated carbocycles. The standard InChI is InChI=1S/C15H16F2N2O4/c1-21-6-5-19-14(20)11(9-18)7-10-3-4-12(23-15(16)17)13(8-10)22-2/h3-4,7-8,15H,5-6H2,1-2H3,(H,19,20)/b11-7+. The highest BCUT2D eigenvalue weighted by Crippen LogP contribution is 2.30. The van der Waals surface area contributed by atoms with E-state index < -0.39 is 12.5 Å². The number of carbonyl (C=O) groups excluding carboxylic acids is 1. The normalized spacial score (nSPS) is 11.0. The fourth-order valence-electron chi connectivity index (χ4n) is 1.64. The van der Waals surface area contributed by atoms with Gasteiger partial charge >= 0.3 is 6.61 Å². The summed E-state index contributed by atoms with van der Waals surface area (Å²) >= 11 is 0. The zero-order valence-electron chi connectivity index (χ0n) is 12.6. The molecule has 1 N–H and O–H groups in total. The highest BCUT2D eigenvalue weighted by Gasteiger charge is 2.12. The summed E-state index contributed by atoms with van der Waals surface area (Å²) in [6.07, 6.45) is 1.32. The maximum atomic E-state index is 12.3. The predicted octanol–water partition coefficient (Wildman–Crippen LogP) is 1.97. The molecule has 0 aliphatic heterocycles. The van der Waals surface area contributed by atoms with Crippen LogP contribution in [0.25, 0.3) is 6.08 Å². The Morgan fingerprint density at radius 3 is 2.70 bits per heavy atom. The van der Waals surface area contributed by atoms with Crippen molar-refractivity contribution in [3.8, 4) is 17.6 Å². The number of nitriles is 1. The zero-order chi connectivity index (χ0) is 17.2. The molecule has 1 amide bonds. The van der Waals surface area contributed by atoms with Gasteiger partial charge in [0.1, 0.15) is 11.6 Å². The van der Waals surface area contributed by atoms with E-state index in [0.29, 0.717) is 12.2 Å². The van der Waals surface area contributed by atoms with Gasteiger partial charge in [-0.3, -0.25) is 4.79 Å². The summed E-state index contributed by atoms with van der Waals surface area (Å²) in [4.78, 5) is 11.8. The molecule has 0 aliphatic carbocycles. The van der Waals surface area contributed by atoms with Crippen molar-refractivity contribution >= 4 is 12.0 Å². The van der Waals surface area contributed by atoms with Crippen molar-refractivity contribution in [3.63, 3.8) is 0 Å². The molecular weight excluding hydrogens is 310 g/mol. The highest BCUT2D eigenvalue weighted by molar-refractivity contribution is 6.01. The maximum Gasteiger partial charge on any atom is 0.387 e. The van der Waals surface area contributed by atoms with E-state index in [1.54, 1.807) is 6.07 Å². The number of nitrogens with zero attached hydrogens (tertiary/aromatic N) is 1. The number of ether oxygens (including phenoxy) is 3. The summed E-state index contributed by atoms with van der Waals surface area (Å²) in [6, 6.07) is 5.87. The Balaban J connectivity index is 2.96. The number of carbonyl (C=O) groups is 1. The second-order valence-corrected chi connectivity index (χ2v) is 4.21. The summed E-state index contributed by atoms with van der Waals surface area (Å²) in [5.41, 5.74) is 0.299. The van der Waals surface area contributed by atoms with Gasteiger partial charge in [-0.25, -0.2) is 0 Å². The fourth-order valence-corrected chi connectivity index (χ4v) is 1.64. The Morgan fingerprint density at radius 1 is 1.39 bits per heavy atom. The molecule has 1 aromatic carbocycles. The van der Waals surface area contributed by atoms with Crippen molar-refractivity contribution in [1.29, 1.82) is 5.26 Å². The summed E-state index contributed by atoms with van der Waals surface area (Å²) in [5, 5.41) is 11.6. The van der Waals surface area contributed by atoms with Crippen molar-refractivity contribution < 1.29 is 27.8 Å². The molecule has 0 aliphatic rings. The third-order valence-electron chi connectivity index (χ3n) is 2.67. The van der Waals surface area contributed by atoms with Crippen LogP contribution in [0.5, 0.6) is 11.5 Å².